The third-order valence-electron chi connectivity index (χ3n) is 3.41. The molecule has 1 rings (SSSR count). The fourth-order valence-corrected chi connectivity index (χ4v) is 2.02. The second-order valence-electron chi connectivity index (χ2n) is 6.09. The first kappa shape index (κ1) is 15.0. The predicted molar refractivity (Wildman–Crippen MR) is 69.8 cm³/mol. The highest BCUT2D eigenvalue weighted by Gasteiger charge is 2.30. The molecule has 1 atom stereocenters. The normalized spacial score (nSPS) is 19.5. The summed E-state index contributed by atoms with van der Waals surface area (Å²) < 4.78 is 0. The van der Waals surface area contributed by atoms with Gasteiger partial charge in [-0.15, -0.1) is 0 Å². The monoisotopic (exact) mass is 254 g/mol. The molecule has 0 saturated carbocycles. The van der Waals surface area contributed by atoms with E-state index in [9.17, 15) is 9.59 Å². The van der Waals surface area contributed by atoms with Crippen LogP contribution in [0.3, 0.4) is 0 Å². The fraction of sp³-hybridized carbons (Fsp3) is 0.846. The van der Waals surface area contributed by atoms with Crippen LogP contribution in [0.4, 0.5) is 0 Å². The van der Waals surface area contributed by atoms with Crippen molar-refractivity contribution < 1.29 is 9.59 Å². The van der Waals surface area contributed by atoms with Crippen LogP contribution in [0.5, 0.6) is 0 Å². The Bertz CT molecular complexity index is 315. The zero-order chi connectivity index (χ0) is 13.9. The highest BCUT2D eigenvalue weighted by atomic mass is 16.2. The van der Waals surface area contributed by atoms with Crippen molar-refractivity contribution in [2.24, 2.45) is 5.41 Å². The van der Waals surface area contributed by atoms with Crippen molar-refractivity contribution >= 4 is 11.8 Å². The summed E-state index contributed by atoms with van der Waals surface area (Å²) in [6, 6.07) is -0.647. The molecule has 1 radical (unpaired) electrons. The van der Waals surface area contributed by atoms with Gasteiger partial charge in [-0.05, 0) is 18.3 Å². The van der Waals surface area contributed by atoms with E-state index in [4.69, 9.17) is 5.73 Å². The first-order valence-electron chi connectivity index (χ1n) is 6.49. The van der Waals surface area contributed by atoms with E-state index in [2.05, 4.69) is 5.32 Å². The van der Waals surface area contributed by atoms with Crippen molar-refractivity contribution in [2.45, 2.75) is 52.6 Å². The van der Waals surface area contributed by atoms with E-state index in [-0.39, 0.29) is 23.3 Å². The van der Waals surface area contributed by atoms with Gasteiger partial charge in [0.2, 0.25) is 11.8 Å². The molecule has 18 heavy (non-hydrogen) atoms. The van der Waals surface area contributed by atoms with E-state index in [0.717, 1.165) is 12.8 Å². The molecule has 5 heteroatoms. The number of amides is 2. The maximum absolute atomic E-state index is 11.9. The van der Waals surface area contributed by atoms with Gasteiger partial charge < -0.3 is 10.2 Å². The Morgan fingerprint density at radius 3 is 2.17 bits per heavy atom. The van der Waals surface area contributed by atoms with E-state index < -0.39 is 6.04 Å². The van der Waals surface area contributed by atoms with Crippen LogP contribution in [0.15, 0.2) is 0 Å². The number of likely N-dealkylation sites (tertiary alicyclic amines) is 1. The van der Waals surface area contributed by atoms with Crippen LogP contribution in [0.1, 0.15) is 40.5 Å². The van der Waals surface area contributed by atoms with Crippen LogP contribution in [0, 0.1) is 5.41 Å². The van der Waals surface area contributed by atoms with E-state index in [0.29, 0.717) is 13.1 Å². The van der Waals surface area contributed by atoms with E-state index in [1.165, 1.54) is 0 Å². The summed E-state index contributed by atoms with van der Waals surface area (Å²) in [5, 5.41) is 2.92. The second-order valence-corrected chi connectivity index (χ2v) is 6.09. The minimum Gasteiger partial charge on any atom is -0.352 e. The Morgan fingerprint density at radius 2 is 1.78 bits per heavy atom. The van der Waals surface area contributed by atoms with Crippen molar-refractivity contribution in [1.82, 2.24) is 16.0 Å². The van der Waals surface area contributed by atoms with Gasteiger partial charge in [-0.1, -0.05) is 20.8 Å². The van der Waals surface area contributed by atoms with Crippen LogP contribution >= 0.6 is 0 Å². The minimum absolute atomic E-state index is 0.0906. The molecule has 0 aliphatic carbocycles. The molecule has 1 aliphatic rings. The third kappa shape index (κ3) is 3.98. The lowest BCUT2D eigenvalue weighted by atomic mass is 9.86. The zero-order valence-electron chi connectivity index (χ0n) is 11.7. The molecule has 0 spiro atoms. The number of nitrogens with zero attached hydrogens (tertiary/aromatic N) is 1. The average Bonchev–Trinajstić information content (AvgIpc) is 2.27. The summed E-state index contributed by atoms with van der Waals surface area (Å²) >= 11 is 0. The Morgan fingerprint density at radius 1 is 1.28 bits per heavy atom. The maximum atomic E-state index is 11.9. The molecule has 0 aromatic carbocycles. The molecule has 1 fully saturated rings. The number of piperidine rings is 1. The standard InChI is InChI=1S/C13H24N3O2/c1-9(17)16-7-5-10(6-8-16)15-12(18)11(14)13(2,3)4/h10-11,14H,5-8H2,1-4H3,(H,15,18). The van der Waals surface area contributed by atoms with Crippen LogP contribution in [-0.2, 0) is 9.59 Å². The molecule has 1 saturated heterocycles. The molecular formula is C13H24N3O2. The van der Waals surface area contributed by atoms with E-state index >= 15 is 0 Å². The molecule has 0 aromatic heterocycles. The van der Waals surface area contributed by atoms with Crippen molar-refractivity contribution in [3.8, 4) is 0 Å². The molecule has 5 nitrogen and oxygen atoms in total. The van der Waals surface area contributed by atoms with Crippen LogP contribution < -0.4 is 11.1 Å². The minimum atomic E-state index is -0.747. The summed E-state index contributed by atoms with van der Waals surface area (Å²) in [6.45, 7) is 8.63. The number of rotatable bonds is 2. The van der Waals surface area contributed by atoms with Gasteiger partial charge in [-0.3, -0.25) is 9.59 Å². The summed E-state index contributed by atoms with van der Waals surface area (Å²) in [6.07, 6.45) is 1.56. The SMILES string of the molecule is CC(=O)N1CCC(NC(=O)C([NH])C(C)(C)C)CC1. The molecule has 1 aliphatic heterocycles. The summed E-state index contributed by atoms with van der Waals surface area (Å²) in [5.74, 6) is -0.114. The first-order chi connectivity index (χ1) is 8.21. The maximum Gasteiger partial charge on any atom is 0.239 e. The first-order valence-corrected chi connectivity index (χ1v) is 6.49. The molecule has 2 N–H and O–H groups in total. The summed E-state index contributed by atoms with van der Waals surface area (Å²) in [5.41, 5.74) is 7.54. The lowest BCUT2D eigenvalue weighted by molar-refractivity contribution is -0.130. The van der Waals surface area contributed by atoms with Crippen LogP contribution in [0.2, 0.25) is 0 Å². The molecule has 1 heterocycles. The Kier molecular flexibility index (Phi) is 4.73. The lowest BCUT2D eigenvalue weighted by Crippen LogP contribution is -2.51. The summed E-state index contributed by atoms with van der Waals surface area (Å²) in [7, 11) is 0. The van der Waals surface area contributed by atoms with Crippen LogP contribution in [0.25, 0.3) is 0 Å². The van der Waals surface area contributed by atoms with E-state index in [1.54, 1.807) is 11.8 Å². The van der Waals surface area contributed by atoms with Gasteiger partial charge in [-0.2, -0.15) is 0 Å². The predicted octanol–water partition coefficient (Wildman–Crippen LogP) is 0.811. The number of hydrogen-bond acceptors (Lipinski definition) is 2. The quantitative estimate of drug-likeness (QED) is 0.792. The number of carbonyl (C=O) groups is 2. The van der Waals surface area contributed by atoms with Gasteiger partial charge >= 0.3 is 0 Å². The molecule has 0 aromatic rings. The lowest BCUT2D eigenvalue weighted by Gasteiger charge is -2.33. The number of hydrogen-bond donors (Lipinski definition) is 1. The largest absolute Gasteiger partial charge is 0.352 e. The van der Waals surface area contributed by atoms with Crippen molar-refractivity contribution in [2.75, 3.05) is 13.1 Å². The van der Waals surface area contributed by atoms with E-state index in [1.807, 2.05) is 20.8 Å². The molecule has 103 valence electrons. The Hall–Kier alpha value is -1.10. The van der Waals surface area contributed by atoms with Crippen molar-refractivity contribution in [3.05, 3.63) is 0 Å². The van der Waals surface area contributed by atoms with Gasteiger partial charge in [0, 0.05) is 26.1 Å². The molecule has 2 amide bonds. The number of carbonyl (C=O) groups excluding carboxylic acids is 2. The molecular weight excluding hydrogens is 230 g/mol. The Balaban J connectivity index is 2.42. The zero-order valence-corrected chi connectivity index (χ0v) is 11.7. The topological polar surface area (TPSA) is 73.2 Å². The summed E-state index contributed by atoms with van der Waals surface area (Å²) in [4.78, 5) is 24.9. The van der Waals surface area contributed by atoms with Gasteiger partial charge in [0.25, 0.3) is 0 Å². The van der Waals surface area contributed by atoms with Crippen molar-refractivity contribution in [1.29, 1.82) is 0 Å². The third-order valence-corrected chi connectivity index (χ3v) is 3.41. The molecule has 1 unspecified atom stereocenters. The van der Waals surface area contributed by atoms with Gasteiger partial charge in [0.15, 0.2) is 0 Å². The smallest absolute Gasteiger partial charge is 0.239 e. The van der Waals surface area contributed by atoms with Gasteiger partial charge in [0.1, 0.15) is 6.04 Å². The van der Waals surface area contributed by atoms with Gasteiger partial charge in [-0.25, -0.2) is 5.73 Å². The van der Waals surface area contributed by atoms with Crippen LogP contribution in [-0.4, -0.2) is 41.9 Å². The average molecular weight is 254 g/mol. The number of nitrogens with one attached hydrogen (secondary N) is 2. The highest BCUT2D eigenvalue weighted by molar-refractivity contribution is 5.82. The Labute approximate surface area is 109 Å². The van der Waals surface area contributed by atoms with Gasteiger partial charge in [0.05, 0.1) is 0 Å². The fourth-order valence-electron chi connectivity index (χ4n) is 2.02. The van der Waals surface area contributed by atoms with Crippen molar-refractivity contribution in [3.63, 3.8) is 0 Å². The molecule has 0 bridgehead atoms. The second kappa shape index (κ2) is 5.69. The highest BCUT2D eigenvalue weighted by Crippen LogP contribution is 2.19.